The Balaban J connectivity index is 1.28. The van der Waals surface area contributed by atoms with Crippen molar-refractivity contribution in [3.8, 4) is 0 Å². The molecule has 0 spiro atoms. The molecule has 38 heavy (non-hydrogen) atoms. The van der Waals surface area contributed by atoms with Crippen molar-refractivity contribution in [2.75, 3.05) is 11.5 Å². The largest absolute Gasteiger partial charge is 0.459 e. The van der Waals surface area contributed by atoms with Gasteiger partial charge in [0.25, 0.3) is 0 Å². The predicted molar refractivity (Wildman–Crippen MR) is 158 cm³/mol. The average molecular weight is 521 g/mol. The minimum absolute atomic E-state index is 0.0447. The smallest absolute Gasteiger partial charge is 0.338 e. The molecule has 3 fully saturated rings. The zero-order valence-electron chi connectivity index (χ0n) is 24.6. The highest BCUT2D eigenvalue weighted by atomic mass is 16.5. The monoisotopic (exact) mass is 520 g/mol. The van der Waals surface area contributed by atoms with Gasteiger partial charge in [-0.05, 0) is 116 Å². The van der Waals surface area contributed by atoms with Gasteiger partial charge in [-0.1, -0.05) is 65.5 Å². The third kappa shape index (κ3) is 5.02. The van der Waals surface area contributed by atoms with Crippen molar-refractivity contribution in [3.05, 3.63) is 35.4 Å². The lowest BCUT2D eigenvalue weighted by atomic mass is 9.47. The Morgan fingerprint density at radius 3 is 2.45 bits per heavy atom. The number of nitrogens with two attached hydrogens (primary N) is 2. The van der Waals surface area contributed by atoms with E-state index in [0.29, 0.717) is 28.3 Å². The van der Waals surface area contributed by atoms with Crippen molar-refractivity contribution in [3.63, 3.8) is 0 Å². The van der Waals surface area contributed by atoms with Crippen molar-refractivity contribution >= 4 is 17.3 Å². The first-order valence-electron chi connectivity index (χ1n) is 15.6. The first kappa shape index (κ1) is 27.6. The van der Waals surface area contributed by atoms with Crippen molar-refractivity contribution < 1.29 is 9.53 Å². The number of esters is 1. The third-order valence-corrected chi connectivity index (χ3v) is 11.7. The van der Waals surface area contributed by atoms with Gasteiger partial charge in [0, 0.05) is 11.4 Å². The molecule has 4 nitrogen and oxygen atoms in total. The molecule has 3 saturated carbocycles. The molecular weight excluding hydrogens is 468 g/mol. The highest BCUT2D eigenvalue weighted by Gasteiger charge is 2.59. The van der Waals surface area contributed by atoms with Gasteiger partial charge in [0.2, 0.25) is 0 Å². The molecule has 210 valence electrons. The summed E-state index contributed by atoms with van der Waals surface area (Å²) in [5, 5.41) is 0. The Morgan fingerprint density at radius 1 is 1.00 bits per heavy atom. The Bertz CT molecular complexity index is 1040. The summed E-state index contributed by atoms with van der Waals surface area (Å²) in [6, 6.07) is 5.02. The van der Waals surface area contributed by atoms with Crippen LogP contribution in [-0.4, -0.2) is 12.1 Å². The summed E-state index contributed by atoms with van der Waals surface area (Å²) in [5.74, 6) is 4.56. The summed E-state index contributed by atoms with van der Waals surface area (Å²) in [7, 11) is 0. The summed E-state index contributed by atoms with van der Waals surface area (Å²) in [5.41, 5.74) is 15.6. The molecule has 0 saturated heterocycles. The van der Waals surface area contributed by atoms with Crippen LogP contribution in [0.25, 0.3) is 0 Å². The fourth-order valence-electron chi connectivity index (χ4n) is 9.86. The first-order chi connectivity index (χ1) is 18.0. The number of rotatable bonds is 7. The van der Waals surface area contributed by atoms with E-state index in [2.05, 4.69) is 40.7 Å². The van der Waals surface area contributed by atoms with E-state index < -0.39 is 0 Å². The molecule has 0 aliphatic heterocycles. The van der Waals surface area contributed by atoms with Crippen LogP contribution in [0.15, 0.2) is 29.8 Å². The number of nitrogen functional groups attached to an aromatic ring is 2. The topological polar surface area (TPSA) is 78.3 Å². The molecule has 8 atom stereocenters. The fourth-order valence-corrected chi connectivity index (χ4v) is 9.86. The second kappa shape index (κ2) is 10.5. The highest BCUT2D eigenvalue weighted by Crippen LogP contribution is 2.67. The third-order valence-electron chi connectivity index (χ3n) is 11.7. The predicted octanol–water partition coefficient (Wildman–Crippen LogP) is 8.42. The standard InChI is InChI=1S/C34H52N2O2/c1-21(2)7-6-8-22(3)29-13-14-30-28-12-10-24-9-11-27(20-34(24,5)31(28)15-16-33(29,30)4)38-32(37)23-17-25(35)19-26(36)18-23/h10,17-19,21-22,27-31H,6-9,11-16,20,35-36H2,1-5H3/t22?,27?,28?,29?,30?,31?,33?,34-/m0/s1. The molecule has 0 radical (unpaired) electrons. The number of allylic oxidation sites excluding steroid dienone is 2. The zero-order valence-corrected chi connectivity index (χ0v) is 24.6. The normalized spacial score (nSPS) is 37.1. The average Bonchev–Trinajstić information content (AvgIpc) is 3.20. The van der Waals surface area contributed by atoms with Gasteiger partial charge >= 0.3 is 5.97 Å². The van der Waals surface area contributed by atoms with E-state index >= 15 is 0 Å². The van der Waals surface area contributed by atoms with E-state index in [4.69, 9.17) is 16.2 Å². The number of anilines is 2. The molecule has 4 aliphatic carbocycles. The Morgan fingerprint density at radius 2 is 1.74 bits per heavy atom. The lowest BCUT2D eigenvalue weighted by Gasteiger charge is -2.58. The first-order valence-corrected chi connectivity index (χ1v) is 15.6. The molecule has 1 aromatic rings. The molecule has 0 bridgehead atoms. The molecule has 0 aromatic heterocycles. The number of hydrogen-bond donors (Lipinski definition) is 2. The van der Waals surface area contributed by atoms with Gasteiger partial charge in [-0.15, -0.1) is 0 Å². The zero-order chi connectivity index (χ0) is 27.2. The second-order valence-electron chi connectivity index (χ2n) is 14.4. The number of hydrogen-bond acceptors (Lipinski definition) is 4. The van der Waals surface area contributed by atoms with Gasteiger partial charge < -0.3 is 16.2 Å². The summed E-state index contributed by atoms with van der Waals surface area (Å²) in [6.45, 7) is 12.4. The molecule has 4 N–H and O–H groups in total. The molecule has 7 unspecified atom stereocenters. The van der Waals surface area contributed by atoms with E-state index in [-0.39, 0.29) is 17.5 Å². The van der Waals surface area contributed by atoms with Crippen LogP contribution in [-0.2, 0) is 4.74 Å². The van der Waals surface area contributed by atoms with Crippen LogP contribution < -0.4 is 11.5 Å². The van der Waals surface area contributed by atoms with Crippen LogP contribution >= 0.6 is 0 Å². The number of carbonyl (C=O) groups is 1. The van der Waals surface area contributed by atoms with Crippen LogP contribution in [0.5, 0.6) is 0 Å². The lowest BCUT2D eigenvalue weighted by molar-refractivity contribution is -0.0670. The van der Waals surface area contributed by atoms with E-state index in [1.807, 2.05) is 0 Å². The Hall–Kier alpha value is -1.97. The van der Waals surface area contributed by atoms with Crippen molar-refractivity contribution in [2.45, 2.75) is 111 Å². The lowest BCUT2D eigenvalue weighted by Crippen LogP contribution is -2.51. The molecule has 4 aliphatic rings. The van der Waals surface area contributed by atoms with Crippen molar-refractivity contribution in [1.82, 2.24) is 0 Å². The second-order valence-corrected chi connectivity index (χ2v) is 14.4. The van der Waals surface area contributed by atoms with E-state index in [9.17, 15) is 4.79 Å². The summed E-state index contributed by atoms with van der Waals surface area (Å²) < 4.78 is 6.11. The maximum atomic E-state index is 13.0. The van der Waals surface area contributed by atoms with Gasteiger partial charge in [-0.2, -0.15) is 0 Å². The van der Waals surface area contributed by atoms with Crippen molar-refractivity contribution in [1.29, 1.82) is 0 Å². The molecule has 4 heteroatoms. The molecule has 0 heterocycles. The summed E-state index contributed by atoms with van der Waals surface area (Å²) in [4.78, 5) is 13.0. The van der Waals surface area contributed by atoms with Crippen LogP contribution in [0.1, 0.15) is 116 Å². The molecular formula is C34H52N2O2. The number of benzene rings is 1. The van der Waals surface area contributed by atoms with Crippen LogP contribution in [0.2, 0.25) is 0 Å². The highest BCUT2D eigenvalue weighted by molar-refractivity contribution is 5.91. The minimum atomic E-state index is -0.293. The minimum Gasteiger partial charge on any atom is -0.459 e. The summed E-state index contributed by atoms with van der Waals surface area (Å²) >= 11 is 0. The van der Waals surface area contributed by atoms with E-state index in [1.165, 1.54) is 51.4 Å². The maximum absolute atomic E-state index is 13.0. The van der Waals surface area contributed by atoms with Gasteiger partial charge in [0.1, 0.15) is 6.10 Å². The quantitative estimate of drug-likeness (QED) is 0.215. The SMILES string of the molecule is CC(C)CCCC(C)C1CCC2C3CC=C4CCC(OC(=O)c5cc(N)cc(N)c5)C[C@]4(C)C3CCC12C. The molecule has 1 aromatic carbocycles. The van der Waals surface area contributed by atoms with E-state index in [1.54, 1.807) is 23.8 Å². The van der Waals surface area contributed by atoms with Gasteiger partial charge in [0.05, 0.1) is 5.56 Å². The fraction of sp³-hybridized carbons (Fsp3) is 0.735. The maximum Gasteiger partial charge on any atom is 0.338 e. The Labute approximate surface area is 231 Å². The van der Waals surface area contributed by atoms with Crippen LogP contribution in [0, 0.1) is 46.3 Å². The van der Waals surface area contributed by atoms with Crippen LogP contribution in [0.3, 0.4) is 0 Å². The van der Waals surface area contributed by atoms with Gasteiger partial charge in [-0.3, -0.25) is 0 Å². The van der Waals surface area contributed by atoms with E-state index in [0.717, 1.165) is 48.9 Å². The van der Waals surface area contributed by atoms with Crippen molar-refractivity contribution in [2.24, 2.45) is 46.3 Å². The molecule has 5 rings (SSSR count). The number of ether oxygens (including phenoxy) is 1. The van der Waals surface area contributed by atoms with Gasteiger partial charge in [-0.25, -0.2) is 4.79 Å². The Kier molecular flexibility index (Phi) is 7.66. The van der Waals surface area contributed by atoms with Crippen LogP contribution in [0.4, 0.5) is 11.4 Å². The molecule has 0 amide bonds. The number of carbonyl (C=O) groups excluding carboxylic acids is 1. The number of fused-ring (bicyclic) bond motifs is 5. The van der Waals surface area contributed by atoms with Gasteiger partial charge in [0.15, 0.2) is 0 Å². The summed E-state index contributed by atoms with van der Waals surface area (Å²) in [6.07, 6.45) is 16.4.